The molecule has 0 aliphatic rings. The summed E-state index contributed by atoms with van der Waals surface area (Å²) >= 11 is 0. The van der Waals surface area contributed by atoms with Crippen LogP contribution in [0, 0.1) is 0 Å². The van der Waals surface area contributed by atoms with Gasteiger partial charge in [0, 0.05) is 17.6 Å². The van der Waals surface area contributed by atoms with E-state index in [0.29, 0.717) is 12.1 Å². The van der Waals surface area contributed by atoms with Crippen LogP contribution in [0.2, 0.25) is 0 Å². The van der Waals surface area contributed by atoms with E-state index in [1.54, 1.807) is 6.07 Å². The van der Waals surface area contributed by atoms with Gasteiger partial charge < -0.3 is 25.4 Å². The monoisotopic (exact) mass is 269 g/mol. The quantitative estimate of drug-likeness (QED) is 0.593. The summed E-state index contributed by atoms with van der Waals surface area (Å²) in [5.41, 5.74) is 0.366. The highest BCUT2D eigenvalue weighted by molar-refractivity contribution is 5.54. The molecule has 1 atom stereocenters. The summed E-state index contributed by atoms with van der Waals surface area (Å²) in [6.07, 6.45) is 0.102. The van der Waals surface area contributed by atoms with Crippen molar-refractivity contribution < 1.29 is 20.1 Å². The van der Waals surface area contributed by atoms with Crippen LogP contribution in [0.4, 0.5) is 0 Å². The maximum absolute atomic E-state index is 10.2. The fraction of sp³-hybridized carbons (Fsp3) is 0.571. The van der Waals surface area contributed by atoms with Crippen LogP contribution in [0.5, 0.6) is 17.2 Å². The third kappa shape index (κ3) is 3.75. The first-order valence-corrected chi connectivity index (χ1v) is 6.34. The van der Waals surface area contributed by atoms with Crippen molar-refractivity contribution in [2.24, 2.45) is 0 Å². The number of nitrogens with one attached hydrogen (secondary N) is 1. The first kappa shape index (κ1) is 15.6. The fourth-order valence-corrected chi connectivity index (χ4v) is 1.66. The molecule has 0 aromatic heterocycles. The number of phenols is 2. The van der Waals surface area contributed by atoms with Gasteiger partial charge in [-0.05, 0) is 32.4 Å². The van der Waals surface area contributed by atoms with Gasteiger partial charge in [-0.2, -0.15) is 0 Å². The number of aromatic hydroxyl groups is 2. The minimum absolute atomic E-state index is 0.0762. The van der Waals surface area contributed by atoms with Gasteiger partial charge in [0.1, 0.15) is 0 Å². The molecule has 5 heteroatoms. The highest BCUT2D eigenvalue weighted by Crippen LogP contribution is 2.40. The number of methoxy groups -OCH3 is 1. The predicted octanol–water partition coefficient (Wildman–Crippen LogP) is 1.92. The number of benzene rings is 1. The summed E-state index contributed by atoms with van der Waals surface area (Å²) in [5, 5.41) is 32.5. The van der Waals surface area contributed by atoms with Crippen LogP contribution in [-0.4, -0.2) is 34.5 Å². The Kier molecular flexibility index (Phi) is 5.03. The highest BCUT2D eigenvalue weighted by atomic mass is 16.5. The predicted molar refractivity (Wildman–Crippen MR) is 73.7 cm³/mol. The molecule has 0 aliphatic heterocycles. The van der Waals surface area contributed by atoms with Crippen LogP contribution in [0.3, 0.4) is 0 Å². The lowest BCUT2D eigenvalue weighted by molar-refractivity contribution is 0.155. The molecule has 19 heavy (non-hydrogen) atoms. The van der Waals surface area contributed by atoms with E-state index < -0.39 is 6.10 Å². The molecule has 1 unspecified atom stereocenters. The third-order valence-electron chi connectivity index (χ3n) is 3.36. The zero-order valence-corrected chi connectivity index (χ0v) is 11.9. The largest absolute Gasteiger partial charge is 0.504 e. The Hall–Kier alpha value is -1.46. The first-order valence-electron chi connectivity index (χ1n) is 6.34. The van der Waals surface area contributed by atoms with Gasteiger partial charge in [0.05, 0.1) is 13.2 Å². The van der Waals surface area contributed by atoms with Crippen LogP contribution in [0.1, 0.15) is 38.9 Å². The summed E-state index contributed by atoms with van der Waals surface area (Å²) in [5.74, 6) is -0.521. The Balaban J connectivity index is 2.88. The summed E-state index contributed by atoms with van der Waals surface area (Å²) in [4.78, 5) is 0. The van der Waals surface area contributed by atoms with Gasteiger partial charge >= 0.3 is 0 Å². The van der Waals surface area contributed by atoms with Gasteiger partial charge in [0.2, 0.25) is 5.75 Å². The molecule has 5 nitrogen and oxygen atoms in total. The van der Waals surface area contributed by atoms with Gasteiger partial charge in [-0.15, -0.1) is 0 Å². The van der Waals surface area contributed by atoms with Crippen LogP contribution in [0.25, 0.3) is 0 Å². The van der Waals surface area contributed by atoms with E-state index in [-0.39, 0.29) is 22.8 Å². The SMILES string of the molecule is CCC(C)(C)NCC(O)c1ccc(O)c(O)c1OC. The molecule has 1 rings (SSSR count). The Labute approximate surface area is 113 Å². The Morgan fingerprint density at radius 2 is 1.95 bits per heavy atom. The van der Waals surface area contributed by atoms with Crippen molar-refractivity contribution in [3.63, 3.8) is 0 Å². The standard InChI is InChI=1S/C14H23NO4/c1-5-14(2,3)15-8-11(17)9-6-7-10(16)12(18)13(9)19-4/h6-7,11,15-18H,5,8H2,1-4H3. The van der Waals surface area contributed by atoms with Crippen molar-refractivity contribution in [1.29, 1.82) is 0 Å². The Morgan fingerprint density at radius 3 is 2.47 bits per heavy atom. The van der Waals surface area contributed by atoms with E-state index in [1.807, 2.05) is 13.8 Å². The number of rotatable bonds is 6. The summed E-state index contributed by atoms with van der Waals surface area (Å²) in [6, 6.07) is 2.88. The van der Waals surface area contributed by atoms with Crippen LogP contribution in [0.15, 0.2) is 12.1 Å². The van der Waals surface area contributed by atoms with Gasteiger partial charge in [0.25, 0.3) is 0 Å². The number of aliphatic hydroxyl groups is 1. The van der Waals surface area contributed by atoms with E-state index in [4.69, 9.17) is 4.74 Å². The second-order valence-corrected chi connectivity index (χ2v) is 5.19. The topological polar surface area (TPSA) is 82.0 Å². The van der Waals surface area contributed by atoms with Gasteiger partial charge in [-0.1, -0.05) is 6.92 Å². The van der Waals surface area contributed by atoms with E-state index >= 15 is 0 Å². The maximum Gasteiger partial charge on any atom is 0.200 e. The lowest BCUT2D eigenvalue weighted by Crippen LogP contribution is -2.40. The summed E-state index contributed by atoms with van der Waals surface area (Å²) < 4.78 is 5.04. The molecule has 0 amide bonds. The minimum Gasteiger partial charge on any atom is -0.504 e. The third-order valence-corrected chi connectivity index (χ3v) is 3.36. The van der Waals surface area contributed by atoms with Crippen molar-refractivity contribution in [3.8, 4) is 17.2 Å². The van der Waals surface area contributed by atoms with E-state index in [2.05, 4.69) is 12.2 Å². The van der Waals surface area contributed by atoms with Crippen molar-refractivity contribution in [2.45, 2.75) is 38.8 Å². The lowest BCUT2D eigenvalue weighted by Gasteiger charge is -2.27. The summed E-state index contributed by atoms with van der Waals surface area (Å²) in [7, 11) is 1.38. The molecule has 0 spiro atoms. The molecule has 0 radical (unpaired) electrons. The van der Waals surface area contributed by atoms with Crippen molar-refractivity contribution in [3.05, 3.63) is 17.7 Å². The minimum atomic E-state index is -0.827. The lowest BCUT2D eigenvalue weighted by atomic mass is 10.0. The van der Waals surface area contributed by atoms with Crippen molar-refractivity contribution in [1.82, 2.24) is 5.32 Å². The van der Waals surface area contributed by atoms with Gasteiger partial charge in [-0.25, -0.2) is 0 Å². The molecular formula is C14H23NO4. The molecular weight excluding hydrogens is 246 g/mol. The maximum atomic E-state index is 10.2. The number of hydrogen-bond donors (Lipinski definition) is 4. The zero-order valence-electron chi connectivity index (χ0n) is 11.9. The molecule has 108 valence electrons. The molecule has 1 aromatic carbocycles. The van der Waals surface area contributed by atoms with Crippen LogP contribution < -0.4 is 10.1 Å². The molecule has 0 aliphatic carbocycles. The normalized spacial score (nSPS) is 13.3. The Bertz CT molecular complexity index is 432. The molecule has 0 saturated heterocycles. The average Bonchev–Trinajstić information content (AvgIpc) is 2.39. The van der Waals surface area contributed by atoms with Gasteiger partial charge in [-0.3, -0.25) is 0 Å². The zero-order chi connectivity index (χ0) is 14.6. The number of β-amino-alcohol motifs (C(OH)–C–C–N with tert-alkyl or cyclic N) is 1. The number of phenolic OH excluding ortho intramolecular Hbond substituents is 2. The molecule has 0 heterocycles. The second-order valence-electron chi connectivity index (χ2n) is 5.19. The van der Waals surface area contributed by atoms with E-state index in [9.17, 15) is 15.3 Å². The highest BCUT2D eigenvalue weighted by Gasteiger charge is 2.21. The van der Waals surface area contributed by atoms with Crippen molar-refractivity contribution in [2.75, 3.05) is 13.7 Å². The summed E-state index contributed by atoms with van der Waals surface area (Å²) in [6.45, 7) is 6.49. The van der Waals surface area contributed by atoms with Crippen LogP contribution in [-0.2, 0) is 0 Å². The molecule has 0 fully saturated rings. The van der Waals surface area contributed by atoms with E-state index in [0.717, 1.165) is 6.42 Å². The molecule has 1 aromatic rings. The van der Waals surface area contributed by atoms with E-state index in [1.165, 1.54) is 13.2 Å². The second kappa shape index (κ2) is 6.12. The Morgan fingerprint density at radius 1 is 1.32 bits per heavy atom. The fourth-order valence-electron chi connectivity index (χ4n) is 1.66. The molecule has 4 N–H and O–H groups in total. The molecule has 0 saturated carbocycles. The van der Waals surface area contributed by atoms with Gasteiger partial charge in [0.15, 0.2) is 11.5 Å². The number of hydrogen-bond acceptors (Lipinski definition) is 5. The average molecular weight is 269 g/mol. The first-order chi connectivity index (χ1) is 8.82. The number of ether oxygens (including phenoxy) is 1. The number of aliphatic hydroxyl groups excluding tert-OH is 1. The molecule has 0 bridgehead atoms. The smallest absolute Gasteiger partial charge is 0.200 e. The van der Waals surface area contributed by atoms with Crippen LogP contribution >= 0.6 is 0 Å². The van der Waals surface area contributed by atoms with Crippen molar-refractivity contribution >= 4 is 0 Å².